The highest BCUT2D eigenvalue weighted by molar-refractivity contribution is 5.92. The Balaban J connectivity index is 1.69. The summed E-state index contributed by atoms with van der Waals surface area (Å²) in [5, 5.41) is 11.5. The molecule has 0 atom stereocenters. The van der Waals surface area contributed by atoms with Crippen LogP contribution in [-0.2, 0) is 4.79 Å². The monoisotopic (exact) mass is 329 g/mol. The lowest BCUT2D eigenvalue weighted by molar-refractivity contribution is -0.116. The number of rotatable bonds is 8. The zero-order valence-electron chi connectivity index (χ0n) is 13.3. The third-order valence-electron chi connectivity index (χ3n) is 3.29. The number of ether oxygens (including phenoxy) is 2. The van der Waals surface area contributed by atoms with Gasteiger partial charge < -0.3 is 19.9 Å². The number of methoxy groups -OCH3 is 1. The van der Waals surface area contributed by atoms with Crippen molar-refractivity contribution < 1.29 is 24.2 Å². The van der Waals surface area contributed by atoms with Crippen LogP contribution in [0.3, 0.4) is 0 Å². The Hall–Kier alpha value is -3.02. The molecule has 2 N–H and O–H groups in total. The van der Waals surface area contributed by atoms with Crippen LogP contribution < -0.4 is 14.8 Å². The van der Waals surface area contributed by atoms with Crippen LogP contribution in [0, 0.1) is 0 Å². The number of hydrogen-bond acceptors (Lipinski definition) is 4. The SMILES string of the molecule is COc1ccc(OCCCC(=O)Nc2ccc(C(=O)O)cc2)cc1. The summed E-state index contributed by atoms with van der Waals surface area (Å²) in [5.41, 5.74) is 0.752. The lowest BCUT2D eigenvalue weighted by Gasteiger charge is -2.08. The van der Waals surface area contributed by atoms with E-state index in [2.05, 4.69) is 5.32 Å². The summed E-state index contributed by atoms with van der Waals surface area (Å²) in [6.45, 7) is 0.428. The number of carbonyl (C=O) groups excluding carboxylic acids is 1. The topological polar surface area (TPSA) is 84.9 Å². The molecule has 0 aliphatic carbocycles. The summed E-state index contributed by atoms with van der Waals surface area (Å²) >= 11 is 0. The Morgan fingerprint density at radius 1 is 1.00 bits per heavy atom. The van der Waals surface area contributed by atoms with E-state index in [1.807, 2.05) is 24.3 Å². The summed E-state index contributed by atoms with van der Waals surface area (Å²) in [5.74, 6) is 0.344. The van der Waals surface area contributed by atoms with Gasteiger partial charge in [0.1, 0.15) is 11.5 Å². The third-order valence-corrected chi connectivity index (χ3v) is 3.29. The number of carboxylic acid groups (broad SMARTS) is 1. The second-order valence-electron chi connectivity index (χ2n) is 5.06. The minimum atomic E-state index is -0.997. The average molecular weight is 329 g/mol. The molecule has 0 heterocycles. The van der Waals surface area contributed by atoms with Crippen LogP contribution in [0.25, 0.3) is 0 Å². The third kappa shape index (κ3) is 5.31. The molecule has 0 aliphatic rings. The van der Waals surface area contributed by atoms with Crippen molar-refractivity contribution in [3.05, 3.63) is 54.1 Å². The Labute approximate surface area is 140 Å². The van der Waals surface area contributed by atoms with Crippen molar-refractivity contribution in [3.8, 4) is 11.5 Å². The highest BCUT2D eigenvalue weighted by Crippen LogP contribution is 2.17. The van der Waals surface area contributed by atoms with Gasteiger partial charge in [0.05, 0.1) is 19.3 Å². The molecular weight excluding hydrogens is 310 g/mol. The molecule has 24 heavy (non-hydrogen) atoms. The van der Waals surface area contributed by atoms with E-state index in [9.17, 15) is 9.59 Å². The summed E-state index contributed by atoms with van der Waals surface area (Å²) in [6, 6.07) is 13.3. The lowest BCUT2D eigenvalue weighted by Crippen LogP contribution is -2.13. The molecule has 0 spiro atoms. The largest absolute Gasteiger partial charge is 0.497 e. The first kappa shape index (κ1) is 17.3. The molecule has 0 saturated carbocycles. The van der Waals surface area contributed by atoms with Gasteiger partial charge in [-0.1, -0.05) is 0 Å². The highest BCUT2D eigenvalue weighted by Gasteiger charge is 2.05. The van der Waals surface area contributed by atoms with E-state index in [1.165, 1.54) is 12.1 Å². The van der Waals surface area contributed by atoms with Gasteiger partial charge in [0.25, 0.3) is 0 Å². The summed E-state index contributed by atoms with van der Waals surface area (Å²) in [7, 11) is 1.60. The molecule has 6 heteroatoms. The Kier molecular flexibility index (Phi) is 6.19. The van der Waals surface area contributed by atoms with Gasteiger partial charge >= 0.3 is 5.97 Å². The summed E-state index contributed by atoms with van der Waals surface area (Å²) in [6.07, 6.45) is 0.891. The number of anilines is 1. The van der Waals surface area contributed by atoms with Gasteiger partial charge in [-0.15, -0.1) is 0 Å². The number of carboxylic acids is 1. The van der Waals surface area contributed by atoms with Crippen LogP contribution in [0.1, 0.15) is 23.2 Å². The molecule has 1 amide bonds. The number of nitrogens with one attached hydrogen (secondary N) is 1. The van der Waals surface area contributed by atoms with E-state index >= 15 is 0 Å². The Morgan fingerprint density at radius 2 is 1.62 bits per heavy atom. The van der Waals surface area contributed by atoms with Gasteiger partial charge in [0.15, 0.2) is 0 Å². The molecule has 2 aromatic carbocycles. The maximum Gasteiger partial charge on any atom is 0.335 e. The standard InChI is InChI=1S/C18H19NO5/c1-23-15-8-10-16(11-9-15)24-12-2-3-17(20)19-14-6-4-13(5-7-14)18(21)22/h4-11H,2-3,12H2,1H3,(H,19,20)(H,21,22). The first-order valence-electron chi connectivity index (χ1n) is 7.48. The van der Waals surface area contributed by atoms with Crippen LogP contribution >= 0.6 is 0 Å². The molecule has 126 valence electrons. The van der Waals surface area contributed by atoms with Gasteiger partial charge in [-0.25, -0.2) is 4.79 Å². The predicted octanol–water partition coefficient (Wildman–Crippen LogP) is 3.19. The van der Waals surface area contributed by atoms with Crippen molar-refractivity contribution in [1.29, 1.82) is 0 Å². The van der Waals surface area contributed by atoms with Crippen molar-refractivity contribution in [1.82, 2.24) is 0 Å². The maximum absolute atomic E-state index is 11.8. The number of amides is 1. The zero-order chi connectivity index (χ0) is 17.4. The molecule has 0 aliphatic heterocycles. The summed E-state index contributed by atoms with van der Waals surface area (Å²) in [4.78, 5) is 22.6. The fourth-order valence-corrected chi connectivity index (χ4v) is 2.01. The first-order chi connectivity index (χ1) is 11.6. The molecular formula is C18H19NO5. The van der Waals surface area contributed by atoms with Gasteiger partial charge in [0.2, 0.25) is 5.91 Å². The normalized spacial score (nSPS) is 10.0. The zero-order valence-corrected chi connectivity index (χ0v) is 13.3. The fraction of sp³-hybridized carbons (Fsp3) is 0.222. The smallest absolute Gasteiger partial charge is 0.335 e. The highest BCUT2D eigenvalue weighted by atomic mass is 16.5. The van der Waals surface area contributed by atoms with E-state index in [4.69, 9.17) is 14.6 Å². The minimum Gasteiger partial charge on any atom is -0.497 e. The molecule has 0 saturated heterocycles. The minimum absolute atomic E-state index is 0.142. The van der Waals surface area contributed by atoms with E-state index < -0.39 is 5.97 Å². The molecule has 0 radical (unpaired) electrons. The van der Waals surface area contributed by atoms with Crippen LogP contribution in [0.4, 0.5) is 5.69 Å². The van der Waals surface area contributed by atoms with Crippen molar-refractivity contribution in [2.45, 2.75) is 12.8 Å². The van der Waals surface area contributed by atoms with E-state index in [1.54, 1.807) is 19.2 Å². The molecule has 2 aromatic rings. The molecule has 0 unspecified atom stereocenters. The lowest BCUT2D eigenvalue weighted by atomic mass is 10.2. The second-order valence-corrected chi connectivity index (χ2v) is 5.06. The van der Waals surface area contributed by atoms with Crippen LogP contribution in [0.15, 0.2) is 48.5 Å². The van der Waals surface area contributed by atoms with Crippen LogP contribution in [0.2, 0.25) is 0 Å². The molecule has 0 bridgehead atoms. The summed E-state index contributed by atoms with van der Waals surface area (Å²) < 4.78 is 10.6. The van der Waals surface area contributed by atoms with Crippen LogP contribution in [0.5, 0.6) is 11.5 Å². The van der Waals surface area contributed by atoms with Gasteiger partial charge in [0, 0.05) is 12.1 Å². The number of aromatic carboxylic acids is 1. The van der Waals surface area contributed by atoms with Gasteiger partial charge in [-0.2, -0.15) is 0 Å². The van der Waals surface area contributed by atoms with E-state index in [0.29, 0.717) is 25.1 Å². The number of hydrogen-bond donors (Lipinski definition) is 2. The Morgan fingerprint density at radius 3 is 2.21 bits per heavy atom. The van der Waals surface area contributed by atoms with Gasteiger partial charge in [-0.3, -0.25) is 4.79 Å². The van der Waals surface area contributed by atoms with Crippen molar-refractivity contribution in [2.75, 3.05) is 19.0 Å². The average Bonchev–Trinajstić information content (AvgIpc) is 2.59. The Bertz CT molecular complexity index is 680. The second kappa shape index (κ2) is 8.57. The van der Waals surface area contributed by atoms with Crippen LogP contribution in [-0.4, -0.2) is 30.7 Å². The van der Waals surface area contributed by atoms with Crippen molar-refractivity contribution >= 4 is 17.6 Å². The fourth-order valence-electron chi connectivity index (χ4n) is 2.01. The van der Waals surface area contributed by atoms with Crippen molar-refractivity contribution in [2.24, 2.45) is 0 Å². The number of carbonyl (C=O) groups is 2. The van der Waals surface area contributed by atoms with E-state index in [0.717, 1.165) is 11.5 Å². The van der Waals surface area contributed by atoms with Crippen molar-refractivity contribution in [3.63, 3.8) is 0 Å². The number of benzene rings is 2. The maximum atomic E-state index is 11.8. The quantitative estimate of drug-likeness (QED) is 0.727. The van der Waals surface area contributed by atoms with E-state index in [-0.39, 0.29) is 11.5 Å². The molecule has 6 nitrogen and oxygen atoms in total. The molecule has 0 aromatic heterocycles. The predicted molar refractivity (Wildman–Crippen MR) is 89.8 cm³/mol. The first-order valence-corrected chi connectivity index (χ1v) is 7.48. The molecule has 2 rings (SSSR count). The van der Waals surface area contributed by atoms with Gasteiger partial charge in [-0.05, 0) is 55.0 Å². The molecule has 0 fully saturated rings.